The summed E-state index contributed by atoms with van der Waals surface area (Å²) in [4.78, 5) is 35.2. The molecular formula is C17H20N4O2S. The van der Waals surface area contributed by atoms with E-state index in [1.54, 1.807) is 13.1 Å². The SMILES string of the molecule is CNC(=O)c1cc(C[C@H]2CCCN(C(=O)c3cccs3)C2)ncn1. The first-order valence-corrected chi connectivity index (χ1v) is 8.91. The van der Waals surface area contributed by atoms with Crippen LogP contribution in [0.1, 0.15) is 38.7 Å². The molecule has 2 amide bonds. The normalized spacial score (nSPS) is 17.5. The zero-order chi connectivity index (χ0) is 16.9. The maximum absolute atomic E-state index is 12.5. The van der Waals surface area contributed by atoms with Crippen LogP contribution in [0.5, 0.6) is 0 Å². The Morgan fingerprint density at radius 3 is 3.04 bits per heavy atom. The molecule has 1 aliphatic rings. The summed E-state index contributed by atoms with van der Waals surface area (Å²) in [5.74, 6) is 0.260. The molecule has 1 atom stereocenters. The smallest absolute Gasteiger partial charge is 0.269 e. The van der Waals surface area contributed by atoms with Gasteiger partial charge in [-0.15, -0.1) is 11.3 Å². The van der Waals surface area contributed by atoms with Crippen LogP contribution in [-0.2, 0) is 6.42 Å². The van der Waals surface area contributed by atoms with Crippen molar-refractivity contribution in [3.05, 3.63) is 46.2 Å². The molecule has 1 N–H and O–H groups in total. The molecule has 0 spiro atoms. The van der Waals surface area contributed by atoms with Gasteiger partial charge in [-0.05, 0) is 42.7 Å². The van der Waals surface area contributed by atoms with E-state index in [1.807, 2.05) is 22.4 Å². The van der Waals surface area contributed by atoms with E-state index in [0.717, 1.165) is 42.9 Å². The second kappa shape index (κ2) is 7.53. The van der Waals surface area contributed by atoms with Crippen molar-refractivity contribution in [2.75, 3.05) is 20.1 Å². The van der Waals surface area contributed by atoms with Gasteiger partial charge in [-0.1, -0.05) is 6.07 Å². The number of amides is 2. The second-order valence-corrected chi connectivity index (χ2v) is 6.86. The maximum atomic E-state index is 12.5. The number of nitrogens with zero attached hydrogens (tertiary/aromatic N) is 3. The first kappa shape index (κ1) is 16.6. The highest BCUT2D eigenvalue weighted by atomic mass is 32.1. The minimum atomic E-state index is -0.211. The Balaban J connectivity index is 1.65. The average molecular weight is 344 g/mol. The van der Waals surface area contributed by atoms with Gasteiger partial charge in [0.1, 0.15) is 12.0 Å². The standard InChI is InChI=1S/C17H20N4O2S/c1-18-16(22)14-9-13(19-11-20-14)8-12-4-2-6-21(10-12)17(23)15-5-3-7-24-15/h3,5,7,9,11-12H,2,4,6,8,10H2,1H3,(H,18,22)/t12-/m1/s1. The van der Waals surface area contributed by atoms with Gasteiger partial charge >= 0.3 is 0 Å². The predicted octanol–water partition coefficient (Wildman–Crippen LogP) is 1.99. The number of hydrogen-bond acceptors (Lipinski definition) is 5. The minimum absolute atomic E-state index is 0.114. The summed E-state index contributed by atoms with van der Waals surface area (Å²) >= 11 is 1.48. The van der Waals surface area contributed by atoms with Gasteiger partial charge in [0.2, 0.25) is 0 Å². The van der Waals surface area contributed by atoms with Crippen molar-refractivity contribution in [2.45, 2.75) is 19.3 Å². The fraction of sp³-hybridized carbons (Fsp3) is 0.412. The van der Waals surface area contributed by atoms with Gasteiger partial charge in [-0.2, -0.15) is 0 Å². The van der Waals surface area contributed by atoms with Crippen LogP contribution in [0.3, 0.4) is 0 Å². The van der Waals surface area contributed by atoms with Crippen molar-refractivity contribution in [3.63, 3.8) is 0 Å². The molecular weight excluding hydrogens is 324 g/mol. The third kappa shape index (κ3) is 3.79. The van der Waals surface area contributed by atoms with Crippen molar-refractivity contribution in [3.8, 4) is 0 Å². The van der Waals surface area contributed by atoms with E-state index < -0.39 is 0 Å². The van der Waals surface area contributed by atoms with Gasteiger partial charge in [-0.25, -0.2) is 9.97 Å². The molecule has 0 aliphatic carbocycles. The fourth-order valence-electron chi connectivity index (χ4n) is 3.03. The molecule has 1 aliphatic heterocycles. The lowest BCUT2D eigenvalue weighted by Crippen LogP contribution is -2.40. The molecule has 6 nitrogen and oxygen atoms in total. The van der Waals surface area contributed by atoms with Crippen LogP contribution < -0.4 is 5.32 Å². The lowest BCUT2D eigenvalue weighted by molar-refractivity contribution is 0.0677. The Kier molecular flexibility index (Phi) is 5.20. The largest absolute Gasteiger partial charge is 0.354 e. The summed E-state index contributed by atoms with van der Waals surface area (Å²) in [7, 11) is 1.58. The van der Waals surface area contributed by atoms with Gasteiger partial charge in [0, 0.05) is 25.8 Å². The van der Waals surface area contributed by atoms with Crippen LogP contribution in [0.25, 0.3) is 0 Å². The molecule has 0 saturated carbocycles. The summed E-state index contributed by atoms with van der Waals surface area (Å²) in [5.41, 5.74) is 1.23. The molecule has 3 rings (SSSR count). The average Bonchev–Trinajstić information content (AvgIpc) is 3.15. The minimum Gasteiger partial charge on any atom is -0.354 e. The highest BCUT2D eigenvalue weighted by molar-refractivity contribution is 7.12. The van der Waals surface area contributed by atoms with Crippen molar-refractivity contribution >= 4 is 23.2 Å². The van der Waals surface area contributed by atoms with Gasteiger partial charge in [-0.3, -0.25) is 9.59 Å². The van der Waals surface area contributed by atoms with Crippen molar-refractivity contribution < 1.29 is 9.59 Å². The second-order valence-electron chi connectivity index (χ2n) is 5.91. The molecule has 126 valence electrons. The first-order valence-electron chi connectivity index (χ1n) is 8.03. The highest BCUT2D eigenvalue weighted by Crippen LogP contribution is 2.23. The summed E-state index contributed by atoms with van der Waals surface area (Å²) < 4.78 is 0. The van der Waals surface area contributed by atoms with Crippen molar-refractivity contribution in [2.24, 2.45) is 5.92 Å². The number of thiophene rings is 1. The quantitative estimate of drug-likeness (QED) is 0.920. The molecule has 0 unspecified atom stereocenters. The van der Waals surface area contributed by atoms with E-state index in [-0.39, 0.29) is 11.8 Å². The third-order valence-electron chi connectivity index (χ3n) is 4.22. The van der Waals surface area contributed by atoms with Crippen LogP contribution in [-0.4, -0.2) is 46.8 Å². The van der Waals surface area contributed by atoms with Crippen LogP contribution in [0.4, 0.5) is 0 Å². The Morgan fingerprint density at radius 1 is 1.42 bits per heavy atom. The van der Waals surface area contributed by atoms with Crippen molar-refractivity contribution in [1.82, 2.24) is 20.2 Å². The van der Waals surface area contributed by atoms with Crippen LogP contribution in [0, 0.1) is 5.92 Å². The number of nitrogens with one attached hydrogen (secondary N) is 1. The zero-order valence-corrected chi connectivity index (χ0v) is 14.4. The lowest BCUT2D eigenvalue weighted by Gasteiger charge is -2.32. The fourth-order valence-corrected chi connectivity index (χ4v) is 3.72. The van der Waals surface area contributed by atoms with E-state index in [4.69, 9.17) is 0 Å². The summed E-state index contributed by atoms with van der Waals surface area (Å²) in [6, 6.07) is 5.51. The number of aromatic nitrogens is 2. The molecule has 0 bridgehead atoms. The Hall–Kier alpha value is -2.28. The monoisotopic (exact) mass is 344 g/mol. The van der Waals surface area contributed by atoms with E-state index >= 15 is 0 Å². The molecule has 0 aromatic carbocycles. The third-order valence-corrected chi connectivity index (χ3v) is 5.08. The number of hydrogen-bond donors (Lipinski definition) is 1. The van der Waals surface area contributed by atoms with Crippen LogP contribution in [0.15, 0.2) is 29.9 Å². The van der Waals surface area contributed by atoms with Gasteiger partial charge in [0.05, 0.1) is 4.88 Å². The summed E-state index contributed by atoms with van der Waals surface area (Å²) in [5, 5.41) is 4.50. The lowest BCUT2D eigenvalue weighted by atomic mass is 9.93. The molecule has 2 aromatic rings. The summed E-state index contributed by atoms with van der Waals surface area (Å²) in [6.45, 7) is 1.54. The highest BCUT2D eigenvalue weighted by Gasteiger charge is 2.25. The molecule has 1 fully saturated rings. The number of carbonyl (C=O) groups excluding carboxylic acids is 2. The number of rotatable bonds is 4. The van der Waals surface area contributed by atoms with Gasteiger partial charge in [0.25, 0.3) is 11.8 Å². The number of likely N-dealkylation sites (tertiary alicyclic amines) is 1. The first-order chi connectivity index (χ1) is 11.7. The number of carbonyl (C=O) groups is 2. The molecule has 2 aromatic heterocycles. The van der Waals surface area contributed by atoms with E-state index in [9.17, 15) is 9.59 Å². The predicted molar refractivity (Wildman–Crippen MR) is 92.1 cm³/mol. The van der Waals surface area contributed by atoms with E-state index in [2.05, 4.69) is 15.3 Å². The van der Waals surface area contributed by atoms with Crippen LogP contribution >= 0.6 is 11.3 Å². The zero-order valence-electron chi connectivity index (χ0n) is 13.6. The molecule has 3 heterocycles. The number of piperidine rings is 1. The molecule has 24 heavy (non-hydrogen) atoms. The van der Waals surface area contributed by atoms with E-state index in [1.165, 1.54) is 17.7 Å². The molecule has 1 saturated heterocycles. The Morgan fingerprint density at radius 2 is 2.29 bits per heavy atom. The van der Waals surface area contributed by atoms with Crippen molar-refractivity contribution in [1.29, 1.82) is 0 Å². The molecule has 7 heteroatoms. The molecule has 0 radical (unpaired) electrons. The van der Waals surface area contributed by atoms with Crippen LogP contribution in [0.2, 0.25) is 0 Å². The Labute approximate surface area is 144 Å². The maximum Gasteiger partial charge on any atom is 0.269 e. The van der Waals surface area contributed by atoms with Gasteiger partial charge in [0.15, 0.2) is 0 Å². The topological polar surface area (TPSA) is 75.2 Å². The van der Waals surface area contributed by atoms with E-state index in [0.29, 0.717) is 11.6 Å². The van der Waals surface area contributed by atoms with Gasteiger partial charge < -0.3 is 10.2 Å². The Bertz CT molecular complexity index is 717. The summed E-state index contributed by atoms with van der Waals surface area (Å²) in [6.07, 6.45) is 4.24.